The third-order valence-electron chi connectivity index (χ3n) is 3.52. The summed E-state index contributed by atoms with van der Waals surface area (Å²) in [5, 5.41) is 2.45. The highest BCUT2D eigenvalue weighted by Gasteiger charge is 2.27. The highest BCUT2D eigenvalue weighted by atomic mass is 35.5. The third-order valence-corrected chi connectivity index (χ3v) is 5.11. The van der Waals surface area contributed by atoms with E-state index in [0.29, 0.717) is 23.7 Å². The molecular formula is C17H16ClF6N3OS. The minimum Gasteiger partial charge on any atom is -0.490 e. The van der Waals surface area contributed by atoms with Gasteiger partial charge in [0, 0.05) is 11.4 Å². The van der Waals surface area contributed by atoms with Crippen LogP contribution >= 0.6 is 23.4 Å². The Bertz CT molecular complexity index is 838. The van der Waals surface area contributed by atoms with Crippen LogP contribution in [0, 0.1) is 12.7 Å². The van der Waals surface area contributed by atoms with Crippen LogP contribution in [0.15, 0.2) is 23.4 Å². The maximum Gasteiger partial charge on any atom is 0.398 e. The first-order valence-corrected chi connectivity index (χ1v) is 9.59. The first-order chi connectivity index (χ1) is 13.6. The Morgan fingerprint density at radius 2 is 1.97 bits per heavy atom. The van der Waals surface area contributed by atoms with Crippen molar-refractivity contribution in [2.24, 2.45) is 0 Å². The molecule has 0 bridgehead atoms. The second kappa shape index (κ2) is 10.2. The molecule has 0 spiro atoms. The Labute approximate surface area is 172 Å². The van der Waals surface area contributed by atoms with Gasteiger partial charge >= 0.3 is 6.18 Å². The number of halogens is 7. The Kier molecular flexibility index (Phi) is 8.26. The molecule has 1 aromatic heterocycles. The van der Waals surface area contributed by atoms with Crippen molar-refractivity contribution in [3.8, 4) is 5.75 Å². The molecule has 0 aliphatic heterocycles. The van der Waals surface area contributed by atoms with Gasteiger partial charge in [-0.1, -0.05) is 11.6 Å². The number of thioether (sulfide) groups is 1. The van der Waals surface area contributed by atoms with Gasteiger partial charge in [0.05, 0.1) is 12.4 Å². The highest BCUT2D eigenvalue weighted by Crippen LogP contribution is 2.33. The normalized spacial score (nSPS) is 11.8. The van der Waals surface area contributed by atoms with Crippen molar-refractivity contribution >= 4 is 29.2 Å². The number of anilines is 1. The lowest BCUT2D eigenvalue weighted by Crippen LogP contribution is -2.11. The quantitative estimate of drug-likeness (QED) is 0.281. The van der Waals surface area contributed by atoms with Crippen LogP contribution < -0.4 is 10.1 Å². The second-order valence-corrected chi connectivity index (χ2v) is 7.20. The summed E-state index contributed by atoms with van der Waals surface area (Å²) in [6.45, 7) is 1.76. The van der Waals surface area contributed by atoms with Crippen LogP contribution in [0.2, 0.25) is 5.02 Å². The van der Waals surface area contributed by atoms with Crippen LogP contribution in [-0.2, 0) is 0 Å². The lowest BCUT2D eigenvalue weighted by molar-refractivity contribution is -0.105. The number of nitrogens with zero attached hydrogens (tertiary/aromatic N) is 2. The fraction of sp³-hybridized carbons (Fsp3) is 0.412. The van der Waals surface area contributed by atoms with E-state index in [9.17, 15) is 26.3 Å². The minimum atomic E-state index is -4.34. The van der Waals surface area contributed by atoms with Gasteiger partial charge in [0.15, 0.2) is 11.6 Å². The van der Waals surface area contributed by atoms with E-state index in [1.165, 1.54) is 13.0 Å². The number of benzene rings is 1. The summed E-state index contributed by atoms with van der Waals surface area (Å²) in [7, 11) is 0. The van der Waals surface area contributed by atoms with E-state index in [-0.39, 0.29) is 34.6 Å². The summed E-state index contributed by atoms with van der Waals surface area (Å²) in [5.41, 5.74) is -0.218. The summed E-state index contributed by atoms with van der Waals surface area (Å²) >= 11 is 6.35. The second-order valence-electron chi connectivity index (χ2n) is 5.80. The number of hydrogen-bond acceptors (Lipinski definition) is 5. The molecule has 12 heteroatoms. The summed E-state index contributed by atoms with van der Waals surface area (Å²) in [6.07, 6.45) is -5.91. The van der Waals surface area contributed by atoms with Gasteiger partial charge in [0.1, 0.15) is 22.9 Å². The van der Waals surface area contributed by atoms with E-state index in [2.05, 4.69) is 15.3 Å². The molecular weight excluding hydrogens is 444 g/mol. The van der Waals surface area contributed by atoms with Crippen molar-refractivity contribution in [1.29, 1.82) is 0 Å². The van der Waals surface area contributed by atoms with Crippen molar-refractivity contribution in [3.63, 3.8) is 0 Å². The average Bonchev–Trinajstić information content (AvgIpc) is 2.62. The van der Waals surface area contributed by atoms with Crippen LogP contribution in [0.4, 0.5) is 32.2 Å². The molecule has 0 atom stereocenters. The van der Waals surface area contributed by atoms with Gasteiger partial charge in [0.25, 0.3) is 6.43 Å². The minimum absolute atomic E-state index is 0.0285. The molecule has 160 valence electrons. The number of aryl methyl sites for hydroxylation is 1. The van der Waals surface area contributed by atoms with Gasteiger partial charge < -0.3 is 10.1 Å². The summed E-state index contributed by atoms with van der Waals surface area (Å²) < 4.78 is 81.9. The number of ether oxygens (including phenoxy) is 1. The predicted molar refractivity (Wildman–Crippen MR) is 98.5 cm³/mol. The van der Waals surface area contributed by atoms with Crippen molar-refractivity contribution in [1.82, 2.24) is 9.97 Å². The average molecular weight is 460 g/mol. The van der Waals surface area contributed by atoms with Crippen LogP contribution in [-0.4, -0.2) is 35.0 Å². The molecule has 0 aliphatic carbocycles. The Hall–Kier alpha value is -1.88. The molecule has 0 radical (unpaired) electrons. The molecule has 0 fully saturated rings. The summed E-state index contributed by atoms with van der Waals surface area (Å²) in [5.74, 6) is -1.92. The summed E-state index contributed by atoms with van der Waals surface area (Å²) in [6, 6.07) is 2.34. The molecule has 0 saturated carbocycles. The number of rotatable bonds is 9. The van der Waals surface area contributed by atoms with Crippen molar-refractivity contribution in [2.45, 2.75) is 30.8 Å². The molecule has 2 aromatic rings. The van der Waals surface area contributed by atoms with E-state index in [1.807, 2.05) is 0 Å². The van der Waals surface area contributed by atoms with Gasteiger partial charge in [-0.3, -0.25) is 0 Å². The van der Waals surface area contributed by atoms with Crippen LogP contribution in [0.25, 0.3) is 0 Å². The van der Waals surface area contributed by atoms with E-state index in [1.54, 1.807) is 0 Å². The Balaban J connectivity index is 1.88. The zero-order chi connectivity index (χ0) is 21.6. The zero-order valence-corrected chi connectivity index (χ0v) is 16.6. The fourth-order valence-electron chi connectivity index (χ4n) is 2.18. The molecule has 4 nitrogen and oxygen atoms in total. The molecule has 0 saturated heterocycles. The zero-order valence-electron chi connectivity index (χ0n) is 15.0. The van der Waals surface area contributed by atoms with Gasteiger partial charge in [-0.15, -0.1) is 11.8 Å². The van der Waals surface area contributed by atoms with E-state index in [0.717, 1.165) is 12.4 Å². The van der Waals surface area contributed by atoms with Crippen molar-refractivity contribution in [2.75, 3.05) is 24.2 Å². The number of hydrogen-bond donors (Lipinski definition) is 1. The topological polar surface area (TPSA) is 47.0 Å². The summed E-state index contributed by atoms with van der Waals surface area (Å²) in [4.78, 5) is 7.44. The van der Waals surface area contributed by atoms with Gasteiger partial charge in [-0.2, -0.15) is 13.2 Å². The maximum absolute atomic E-state index is 14.0. The van der Waals surface area contributed by atoms with Crippen LogP contribution in [0.1, 0.15) is 24.1 Å². The largest absolute Gasteiger partial charge is 0.490 e. The number of aromatic nitrogens is 2. The Morgan fingerprint density at radius 1 is 1.24 bits per heavy atom. The van der Waals surface area contributed by atoms with E-state index in [4.69, 9.17) is 16.3 Å². The van der Waals surface area contributed by atoms with E-state index < -0.39 is 29.9 Å². The van der Waals surface area contributed by atoms with Crippen LogP contribution in [0.5, 0.6) is 5.75 Å². The number of alkyl halides is 5. The first kappa shape index (κ1) is 23.4. The highest BCUT2D eigenvalue weighted by molar-refractivity contribution is 7.99. The lowest BCUT2D eigenvalue weighted by Gasteiger charge is -2.13. The molecule has 0 amide bonds. The number of nitrogens with one attached hydrogen (secondary N) is 1. The lowest BCUT2D eigenvalue weighted by atomic mass is 10.2. The molecule has 1 aromatic carbocycles. The standard InChI is InChI=1S/C17H16ClF6N3OS/c1-9-5-10(19)11(6-12(9)29-7-17(22,23)24)28-4-2-3-25-16-13(18)14(15(20)21)26-8-27-16/h5-6,8,15H,2-4,7H2,1H3,(H,25,26,27). The first-order valence-electron chi connectivity index (χ1n) is 8.23. The molecule has 1 N–H and O–H groups in total. The van der Waals surface area contributed by atoms with Crippen molar-refractivity contribution in [3.05, 3.63) is 40.6 Å². The molecule has 2 rings (SSSR count). The fourth-order valence-corrected chi connectivity index (χ4v) is 3.22. The Morgan fingerprint density at radius 3 is 2.62 bits per heavy atom. The van der Waals surface area contributed by atoms with Gasteiger partial charge in [-0.05, 0) is 31.0 Å². The van der Waals surface area contributed by atoms with Crippen molar-refractivity contribution < 1.29 is 31.1 Å². The van der Waals surface area contributed by atoms with E-state index >= 15 is 0 Å². The van der Waals surface area contributed by atoms with Gasteiger partial charge in [-0.25, -0.2) is 23.1 Å². The molecule has 0 aliphatic rings. The SMILES string of the molecule is Cc1cc(F)c(OCCCNc2ncnc(C(F)F)c2Cl)cc1SCC(F)(F)F. The van der Waals surface area contributed by atoms with Gasteiger partial charge in [0.2, 0.25) is 0 Å². The predicted octanol–water partition coefficient (Wildman–Crippen LogP) is 6.05. The maximum atomic E-state index is 14.0. The molecule has 0 unspecified atom stereocenters. The smallest absolute Gasteiger partial charge is 0.398 e. The van der Waals surface area contributed by atoms with Crippen LogP contribution in [0.3, 0.4) is 0 Å². The molecule has 1 heterocycles. The third kappa shape index (κ3) is 7.14. The molecule has 29 heavy (non-hydrogen) atoms. The monoisotopic (exact) mass is 459 g/mol.